The molecule has 0 bridgehead atoms. The molecular formula is C16H22N2O2S. The van der Waals surface area contributed by atoms with Crippen LogP contribution in [-0.2, 0) is 10.0 Å². The quantitative estimate of drug-likeness (QED) is 0.848. The molecular weight excluding hydrogens is 284 g/mol. The molecule has 1 aromatic carbocycles. The van der Waals surface area contributed by atoms with Crippen molar-refractivity contribution in [3.05, 3.63) is 29.8 Å². The summed E-state index contributed by atoms with van der Waals surface area (Å²) >= 11 is 0. The summed E-state index contributed by atoms with van der Waals surface area (Å²) in [4.78, 5) is 0.312. The van der Waals surface area contributed by atoms with Gasteiger partial charge in [-0.05, 0) is 43.9 Å². The van der Waals surface area contributed by atoms with Crippen LogP contribution >= 0.6 is 0 Å². The number of benzene rings is 1. The highest BCUT2D eigenvalue weighted by molar-refractivity contribution is 7.89. The van der Waals surface area contributed by atoms with Crippen LogP contribution in [0.4, 0.5) is 0 Å². The topological polar surface area (TPSA) is 63.4 Å². The van der Waals surface area contributed by atoms with Gasteiger partial charge in [0.2, 0.25) is 10.0 Å². The Morgan fingerprint density at radius 1 is 1.38 bits per heavy atom. The van der Waals surface area contributed by atoms with Gasteiger partial charge >= 0.3 is 0 Å². The summed E-state index contributed by atoms with van der Waals surface area (Å²) < 4.78 is 27.3. The van der Waals surface area contributed by atoms with Crippen molar-refractivity contribution >= 4 is 10.0 Å². The maximum Gasteiger partial charge on any atom is 0.243 e. The monoisotopic (exact) mass is 306 g/mol. The van der Waals surface area contributed by atoms with Crippen LogP contribution in [0.25, 0.3) is 0 Å². The van der Waals surface area contributed by atoms with Crippen molar-refractivity contribution in [2.24, 2.45) is 11.7 Å². The summed E-state index contributed by atoms with van der Waals surface area (Å²) in [5.74, 6) is 6.01. The molecule has 2 N–H and O–H groups in total. The zero-order valence-electron chi connectivity index (χ0n) is 12.5. The zero-order chi connectivity index (χ0) is 15.5. The molecule has 1 heterocycles. The first-order valence-electron chi connectivity index (χ1n) is 7.27. The summed E-state index contributed by atoms with van der Waals surface area (Å²) in [6.45, 7) is 4.94. The van der Waals surface area contributed by atoms with Gasteiger partial charge in [-0.3, -0.25) is 0 Å². The number of piperidine rings is 1. The number of hydrogen-bond acceptors (Lipinski definition) is 3. The van der Waals surface area contributed by atoms with Gasteiger partial charge in [0.1, 0.15) is 0 Å². The first-order valence-corrected chi connectivity index (χ1v) is 8.71. The van der Waals surface area contributed by atoms with E-state index in [1.807, 2.05) is 6.92 Å². The lowest BCUT2D eigenvalue weighted by molar-refractivity contribution is 0.202. The second-order valence-corrected chi connectivity index (χ2v) is 7.40. The summed E-state index contributed by atoms with van der Waals surface area (Å²) in [5.41, 5.74) is 6.03. The normalized spacial score (nSPS) is 23.4. The van der Waals surface area contributed by atoms with Gasteiger partial charge in [0.15, 0.2) is 0 Å². The molecule has 5 heteroatoms. The fourth-order valence-electron chi connectivity index (χ4n) is 2.66. The van der Waals surface area contributed by atoms with E-state index in [9.17, 15) is 8.42 Å². The molecule has 1 saturated heterocycles. The molecule has 0 amide bonds. The number of sulfonamides is 1. The van der Waals surface area contributed by atoms with E-state index in [0.29, 0.717) is 22.9 Å². The molecule has 1 aliphatic heterocycles. The molecule has 1 fully saturated rings. The Balaban J connectivity index is 2.35. The van der Waals surface area contributed by atoms with Gasteiger partial charge in [-0.2, -0.15) is 4.31 Å². The molecule has 2 rings (SSSR count). The van der Waals surface area contributed by atoms with Crippen molar-refractivity contribution < 1.29 is 8.42 Å². The highest BCUT2D eigenvalue weighted by atomic mass is 32.2. The summed E-state index contributed by atoms with van der Waals surface area (Å²) in [6.07, 6.45) is 1.99. The molecule has 4 nitrogen and oxygen atoms in total. The van der Waals surface area contributed by atoms with Crippen molar-refractivity contribution in [1.82, 2.24) is 4.31 Å². The third-order valence-electron chi connectivity index (χ3n) is 4.09. The third-order valence-corrected chi connectivity index (χ3v) is 6.07. The van der Waals surface area contributed by atoms with E-state index in [0.717, 1.165) is 12.8 Å². The fraction of sp³-hybridized carbons (Fsp3) is 0.500. The third kappa shape index (κ3) is 3.46. The molecule has 2 atom stereocenters. The fourth-order valence-corrected chi connectivity index (χ4v) is 4.47. The zero-order valence-corrected chi connectivity index (χ0v) is 13.4. The van der Waals surface area contributed by atoms with Gasteiger partial charge in [0.25, 0.3) is 0 Å². The molecule has 21 heavy (non-hydrogen) atoms. The van der Waals surface area contributed by atoms with Crippen LogP contribution in [0.2, 0.25) is 0 Å². The molecule has 1 aliphatic rings. The number of nitrogens with two attached hydrogens (primary N) is 1. The number of rotatable bonds is 2. The molecule has 114 valence electrons. The SMILES string of the molecule is CC1CCCN(S(=O)(=O)c2cccc(C#CCN)c2)C1C. The maximum atomic E-state index is 12.8. The van der Waals surface area contributed by atoms with Gasteiger partial charge in [-0.1, -0.05) is 24.8 Å². The van der Waals surface area contributed by atoms with Crippen LogP contribution in [0.1, 0.15) is 32.3 Å². The summed E-state index contributed by atoms with van der Waals surface area (Å²) in [6, 6.07) is 6.82. The molecule has 0 saturated carbocycles. The van der Waals surface area contributed by atoms with Crippen LogP contribution < -0.4 is 5.73 Å². The molecule has 0 spiro atoms. The van der Waals surface area contributed by atoms with Crippen LogP contribution in [0.5, 0.6) is 0 Å². The van der Waals surface area contributed by atoms with Crippen molar-refractivity contribution in [3.63, 3.8) is 0 Å². The lowest BCUT2D eigenvalue weighted by Gasteiger charge is -2.36. The summed E-state index contributed by atoms with van der Waals surface area (Å²) in [7, 11) is -3.46. The van der Waals surface area contributed by atoms with E-state index in [1.165, 1.54) is 0 Å². The number of hydrogen-bond donors (Lipinski definition) is 1. The Hall–Kier alpha value is -1.35. The molecule has 2 unspecified atom stereocenters. The number of nitrogens with zero attached hydrogens (tertiary/aromatic N) is 1. The average Bonchev–Trinajstić information content (AvgIpc) is 2.48. The van der Waals surface area contributed by atoms with E-state index in [1.54, 1.807) is 28.6 Å². The molecule has 1 aromatic rings. The van der Waals surface area contributed by atoms with Gasteiger partial charge in [-0.25, -0.2) is 8.42 Å². The van der Waals surface area contributed by atoms with E-state index in [4.69, 9.17) is 5.73 Å². The van der Waals surface area contributed by atoms with Crippen LogP contribution in [0, 0.1) is 17.8 Å². The summed E-state index contributed by atoms with van der Waals surface area (Å²) in [5, 5.41) is 0. The smallest absolute Gasteiger partial charge is 0.243 e. The first kappa shape index (κ1) is 16.0. The largest absolute Gasteiger partial charge is 0.320 e. The Kier molecular flexibility index (Phi) is 5.04. The minimum Gasteiger partial charge on any atom is -0.320 e. The Morgan fingerprint density at radius 3 is 2.86 bits per heavy atom. The predicted molar refractivity (Wildman–Crippen MR) is 84.1 cm³/mol. The Labute approximate surface area is 127 Å². The van der Waals surface area contributed by atoms with Crippen LogP contribution in [0.15, 0.2) is 29.2 Å². The molecule has 0 aliphatic carbocycles. The van der Waals surface area contributed by atoms with Gasteiger partial charge in [-0.15, -0.1) is 0 Å². The van der Waals surface area contributed by atoms with Crippen molar-refractivity contribution in [2.45, 2.75) is 37.6 Å². The standard InChI is InChI=1S/C16H22N2O2S/c1-13-6-5-11-18(14(13)2)21(19,20)16-9-3-7-15(12-16)8-4-10-17/h3,7,9,12-14H,5-6,10-11,17H2,1-2H3. The van der Waals surface area contributed by atoms with Gasteiger partial charge in [0, 0.05) is 18.2 Å². The van der Waals surface area contributed by atoms with Crippen LogP contribution in [0.3, 0.4) is 0 Å². The van der Waals surface area contributed by atoms with Gasteiger partial charge in [0.05, 0.1) is 11.4 Å². The lowest BCUT2D eigenvalue weighted by atomic mass is 9.94. The van der Waals surface area contributed by atoms with Crippen molar-refractivity contribution in [2.75, 3.05) is 13.1 Å². The van der Waals surface area contributed by atoms with Crippen molar-refractivity contribution in [1.29, 1.82) is 0 Å². The second-order valence-electron chi connectivity index (χ2n) is 5.51. The lowest BCUT2D eigenvalue weighted by Crippen LogP contribution is -2.45. The predicted octanol–water partition coefficient (Wildman–Crippen LogP) is 1.81. The minimum absolute atomic E-state index is 0.0301. The van der Waals surface area contributed by atoms with E-state index in [2.05, 4.69) is 18.8 Å². The average molecular weight is 306 g/mol. The van der Waals surface area contributed by atoms with Crippen LogP contribution in [-0.4, -0.2) is 31.9 Å². The van der Waals surface area contributed by atoms with Gasteiger partial charge < -0.3 is 5.73 Å². The second kappa shape index (κ2) is 6.61. The van der Waals surface area contributed by atoms with Crippen molar-refractivity contribution in [3.8, 4) is 11.8 Å². The van der Waals surface area contributed by atoms with E-state index >= 15 is 0 Å². The minimum atomic E-state index is -3.46. The molecule has 0 radical (unpaired) electrons. The van der Waals surface area contributed by atoms with E-state index in [-0.39, 0.29) is 12.6 Å². The maximum absolute atomic E-state index is 12.8. The highest BCUT2D eigenvalue weighted by Gasteiger charge is 2.34. The Bertz CT molecular complexity index is 658. The highest BCUT2D eigenvalue weighted by Crippen LogP contribution is 2.28. The van der Waals surface area contributed by atoms with E-state index < -0.39 is 10.0 Å². The Morgan fingerprint density at radius 2 is 2.14 bits per heavy atom. The molecule has 0 aromatic heterocycles. The first-order chi connectivity index (χ1) is 9.96.